The molecule has 4 heteroatoms. The predicted octanol–water partition coefficient (Wildman–Crippen LogP) is 4.58. The van der Waals surface area contributed by atoms with Crippen molar-refractivity contribution in [3.63, 3.8) is 0 Å². The van der Waals surface area contributed by atoms with Gasteiger partial charge in [0, 0.05) is 12.1 Å². The van der Waals surface area contributed by atoms with Gasteiger partial charge in [-0.3, -0.25) is 9.59 Å². The number of hydrogen-bond acceptors (Lipinski definition) is 2. The quantitative estimate of drug-likeness (QED) is 0.701. The molecule has 0 rings (SSSR count). The Hall–Kier alpha value is -1.06. The second-order valence-electron chi connectivity index (χ2n) is 4.97. The van der Waals surface area contributed by atoms with Crippen LogP contribution in [0.3, 0.4) is 0 Å². The topological polar surface area (TPSA) is 57.6 Å². The van der Waals surface area contributed by atoms with Gasteiger partial charge in [-0.2, -0.15) is 0 Å². The fraction of sp³-hybridized carbons (Fsp3) is 0.882. The molecule has 0 radical (unpaired) electrons. The first-order valence-electron chi connectivity index (χ1n) is 8.34. The van der Waals surface area contributed by atoms with Gasteiger partial charge in [0.25, 0.3) is 0 Å². The number of aliphatic carboxylic acids is 1. The summed E-state index contributed by atoms with van der Waals surface area (Å²) >= 11 is 0. The molecule has 1 N–H and O–H groups in total. The van der Waals surface area contributed by atoms with Crippen molar-refractivity contribution in [1.82, 2.24) is 4.90 Å². The molecule has 0 saturated carbocycles. The van der Waals surface area contributed by atoms with Gasteiger partial charge in [0.2, 0.25) is 5.91 Å². The van der Waals surface area contributed by atoms with Gasteiger partial charge >= 0.3 is 5.97 Å². The molecule has 0 heterocycles. The minimum Gasteiger partial charge on any atom is -0.481 e. The van der Waals surface area contributed by atoms with E-state index in [2.05, 4.69) is 13.8 Å². The number of carbonyl (C=O) groups excluding carboxylic acids is 1. The molecule has 2 atom stereocenters. The number of amides is 1. The zero-order valence-corrected chi connectivity index (χ0v) is 15.6. The lowest BCUT2D eigenvalue weighted by Crippen LogP contribution is -2.46. The second kappa shape index (κ2) is 15.3. The van der Waals surface area contributed by atoms with Crippen LogP contribution in [0.2, 0.25) is 0 Å². The first-order chi connectivity index (χ1) is 9.81. The Labute approximate surface area is 131 Å². The molecule has 0 saturated heterocycles. The smallest absolute Gasteiger partial charge is 0.312 e. The Morgan fingerprint density at radius 3 is 1.71 bits per heavy atom. The van der Waals surface area contributed by atoms with Gasteiger partial charge in [-0.25, -0.2) is 0 Å². The molecule has 128 valence electrons. The molecule has 0 bridgehead atoms. The van der Waals surface area contributed by atoms with Crippen molar-refractivity contribution in [3.05, 3.63) is 0 Å². The lowest BCUT2D eigenvalue weighted by atomic mass is 9.95. The summed E-state index contributed by atoms with van der Waals surface area (Å²) in [5, 5.41) is 8.69. The van der Waals surface area contributed by atoms with Gasteiger partial charge in [-0.05, 0) is 33.1 Å². The molecule has 0 spiro atoms. The summed E-state index contributed by atoms with van der Waals surface area (Å²) in [6.07, 6.45) is 1.71. The molecule has 0 fully saturated rings. The standard InChI is InChI=1S/C13H25NO3.2C2H6/c1-6-7-10(4)11(5)14(9(2)3)12(15)8-13(16)17;2*1-2/h9-11H,6-8H2,1-5H3,(H,16,17);2*1-2H3. The van der Waals surface area contributed by atoms with E-state index in [1.54, 1.807) is 4.90 Å². The zero-order valence-electron chi connectivity index (χ0n) is 15.6. The van der Waals surface area contributed by atoms with Crippen molar-refractivity contribution in [2.75, 3.05) is 0 Å². The summed E-state index contributed by atoms with van der Waals surface area (Å²) in [7, 11) is 0. The largest absolute Gasteiger partial charge is 0.481 e. The number of carboxylic acids is 1. The van der Waals surface area contributed by atoms with Crippen LogP contribution in [0.4, 0.5) is 0 Å². The van der Waals surface area contributed by atoms with Gasteiger partial charge in [0.1, 0.15) is 6.42 Å². The predicted molar refractivity (Wildman–Crippen MR) is 90.5 cm³/mol. The van der Waals surface area contributed by atoms with Crippen LogP contribution in [0.25, 0.3) is 0 Å². The van der Waals surface area contributed by atoms with E-state index in [4.69, 9.17) is 5.11 Å². The number of carbonyl (C=O) groups is 2. The summed E-state index contributed by atoms with van der Waals surface area (Å²) in [5.74, 6) is -0.959. The number of rotatable bonds is 7. The third-order valence-corrected chi connectivity index (χ3v) is 3.15. The van der Waals surface area contributed by atoms with Gasteiger partial charge in [-0.15, -0.1) is 0 Å². The van der Waals surface area contributed by atoms with Crippen molar-refractivity contribution in [1.29, 1.82) is 0 Å². The van der Waals surface area contributed by atoms with E-state index in [0.717, 1.165) is 12.8 Å². The van der Waals surface area contributed by atoms with Crippen LogP contribution in [0.5, 0.6) is 0 Å². The fourth-order valence-electron chi connectivity index (χ4n) is 2.18. The highest BCUT2D eigenvalue weighted by atomic mass is 16.4. The van der Waals surface area contributed by atoms with Gasteiger partial charge < -0.3 is 10.0 Å². The molecule has 2 unspecified atom stereocenters. The lowest BCUT2D eigenvalue weighted by Gasteiger charge is -2.36. The normalized spacial score (nSPS) is 12.3. The van der Waals surface area contributed by atoms with Crippen LogP contribution in [-0.2, 0) is 9.59 Å². The van der Waals surface area contributed by atoms with Crippen LogP contribution in [0, 0.1) is 5.92 Å². The van der Waals surface area contributed by atoms with Crippen LogP contribution in [0.15, 0.2) is 0 Å². The Morgan fingerprint density at radius 2 is 1.43 bits per heavy atom. The lowest BCUT2D eigenvalue weighted by molar-refractivity contribution is -0.146. The fourth-order valence-corrected chi connectivity index (χ4v) is 2.18. The maximum absolute atomic E-state index is 11.9. The average Bonchev–Trinajstić information content (AvgIpc) is 2.42. The van der Waals surface area contributed by atoms with E-state index in [1.807, 2.05) is 48.5 Å². The van der Waals surface area contributed by atoms with E-state index in [9.17, 15) is 9.59 Å². The van der Waals surface area contributed by atoms with E-state index in [0.29, 0.717) is 5.92 Å². The summed E-state index contributed by atoms with van der Waals surface area (Å²) in [6, 6.07) is 0.123. The maximum atomic E-state index is 11.9. The zero-order chi connectivity index (χ0) is 17.6. The molecule has 0 aliphatic heterocycles. The molecule has 0 aliphatic rings. The highest BCUT2D eigenvalue weighted by Gasteiger charge is 2.27. The second-order valence-corrected chi connectivity index (χ2v) is 4.97. The highest BCUT2D eigenvalue weighted by Crippen LogP contribution is 2.19. The molecule has 1 amide bonds. The first kappa shape index (κ1) is 24.9. The van der Waals surface area contributed by atoms with Crippen molar-refractivity contribution in [2.24, 2.45) is 5.92 Å². The molecule has 0 aromatic rings. The minimum absolute atomic E-state index is 0.0381. The molecule has 0 aliphatic carbocycles. The molecular weight excluding hydrogens is 266 g/mol. The summed E-state index contributed by atoms with van der Waals surface area (Å²) < 4.78 is 0. The Kier molecular flexibility index (Phi) is 18.2. The molecule has 0 aromatic heterocycles. The highest BCUT2D eigenvalue weighted by molar-refractivity contribution is 5.93. The molecular formula is C17H37NO3. The SMILES string of the molecule is CC.CC.CCCC(C)C(C)N(C(=O)CC(=O)O)C(C)C. The monoisotopic (exact) mass is 303 g/mol. The van der Waals surface area contributed by atoms with Crippen molar-refractivity contribution in [3.8, 4) is 0 Å². The Balaban J connectivity index is -0.000000739. The van der Waals surface area contributed by atoms with Gasteiger partial charge in [0.15, 0.2) is 0 Å². The summed E-state index contributed by atoms with van der Waals surface area (Å²) in [5.41, 5.74) is 0. The number of nitrogens with zero attached hydrogens (tertiary/aromatic N) is 1. The third kappa shape index (κ3) is 11.3. The van der Waals surface area contributed by atoms with E-state index < -0.39 is 12.4 Å². The van der Waals surface area contributed by atoms with Crippen LogP contribution in [0.1, 0.15) is 81.6 Å². The Morgan fingerprint density at radius 1 is 1.00 bits per heavy atom. The molecule has 4 nitrogen and oxygen atoms in total. The van der Waals surface area contributed by atoms with E-state index >= 15 is 0 Å². The first-order valence-corrected chi connectivity index (χ1v) is 8.34. The number of carboxylic acid groups (broad SMARTS) is 1. The van der Waals surface area contributed by atoms with Crippen LogP contribution >= 0.6 is 0 Å². The van der Waals surface area contributed by atoms with Crippen LogP contribution < -0.4 is 0 Å². The summed E-state index contributed by atoms with van der Waals surface area (Å²) in [4.78, 5) is 24.2. The minimum atomic E-state index is -1.06. The molecule has 21 heavy (non-hydrogen) atoms. The van der Waals surface area contributed by atoms with Gasteiger partial charge in [0.05, 0.1) is 0 Å². The number of hydrogen-bond donors (Lipinski definition) is 1. The van der Waals surface area contributed by atoms with Crippen molar-refractivity contribution < 1.29 is 14.7 Å². The van der Waals surface area contributed by atoms with Gasteiger partial charge in [-0.1, -0.05) is 48.0 Å². The van der Waals surface area contributed by atoms with Crippen LogP contribution in [-0.4, -0.2) is 34.0 Å². The van der Waals surface area contributed by atoms with Crippen molar-refractivity contribution >= 4 is 11.9 Å². The van der Waals surface area contributed by atoms with Crippen molar-refractivity contribution in [2.45, 2.75) is 93.7 Å². The third-order valence-electron chi connectivity index (χ3n) is 3.15. The average molecular weight is 303 g/mol. The van der Waals surface area contributed by atoms with E-state index in [-0.39, 0.29) is 18.0 Å². The van der Waals surface area contributed by atoms with E-state index in [1.165, 1.54) is 0 Å². The summed E-state index contributed by atoms with van der Waals surface area (Å²) in [6.45, 7) is 18.1. The maximum Gasteiger partial charge on any atom is 0.312 e. The Bertz CT molecular complexity index is 265. The molecule has 0 aromatic carbocycles.